The molecule has 0 spiro atoms. The molecular weight excluding hydrogens is 262 g/mol. The Morgan fingerprint density at radius 2 is 2.00 bits per heavy atom. The Balaban J connectivity index is 2.00. The van der Waals surface area contributed by atoms with E-state index in [9.17, 15) is 4.79 Å². The number of methoxy groups -OCH3 is 1. The summed E-state index contributed by atoms with van der Waals surface area (Å²) >= 11 is 0. The van der Waals surface area contributed by atoms with Gasteiger partial charge in [0.05, 0.1) is 7.11 Å². The van der Waals surface area contributed by atoms with Crippen molar-refractivity contribution in [2.45, 2.75) is 0 Å². The number of hydrogen-bond acceptors (Lipinski definition) is 2. The molecular formula is C18H15NO2. The van der Waals surface area contributed by atoms with Crippen molar-refractivity contribution in [2.24, 2.45) is 0 Å². The summed E-state index contributed by atoms with van der Waals surface area (Å²) in [5.74, 6) is 3.10. The Bertz CT molecular complexity index is 694. The van der Waals surface area contributed by atoms with E-state index in [1.807, 2.05) is 30.3 Å². The highest BCUT2D eigenvalue weighted by Gasteiger charge is 1.98. The molecule has 0 heterocycles. The van der Waals surface area contributed by atoms with Crippen LogP contribution in [-0.2, 0) is 4.79 Å². The van der Waals surface area contributed by atoms with Gasteiger partial charge in [-0.3, -0.25) is 4.79 Å². The molecule has 0 aliphatic carbocycles. The summed E-state index contributed by atoms with van der Waals surface area (Å²) in [6.07, 6.45) is 8.53. The molecule has 0 bridgehead atoms. The molecule has 104 valence electrons. The number of hydrogen-bond donors (Lipinski definition) is 1. The second-order valence-corrected chi connectivity index (χ2v) is 4.32. The highest BCUT2D eigenvalue weighted by atomic mass is 16.5. The zero-order valence-corrected chi connectivity index (χ0v) is 11.7. The van der Waals surface area contributed by atoms with Crippen LogP contribution in [-0.4, -0.2) is 13.0 Å². The highest BCUT2D eigenvalue weighted by molar-refractivity contribution is 6.02. The molecule has 0 saturated carbocycles. The number of anilines is 1. The van der Waals surface area contributed by atoms with Gasteiger partial charge in [-0.25, -0.2) is 0 Å². The summed E-state index contributed by atoms with van der Waals surface area (Å²) < 4.78 is 5.08. The number of ether oxygens (including phenoxy) is 1. The monoisotopic (exact) mass is 277 g/mol. The SMILES string of the molecule is C#Cc1cccc(NC(=O)/C=C/c2ccc(OC)cc2)c1. The van der Waals surface area contributed by atoms with Crippen molar-refractivity contribution in [1.29, 1.82) is 0 Å². The van der Waals surface area contributed by atoms with Gasteiger partial charge in [0, 0.05) is 17.3 Å². The van der Waals surface area contributed by atoms with Crippen molar-refractivity contribution in [3.63, 3.8) is 0 Å². The third kappa shape index (κ3) is 4.26. The average Bonchev–Trinajstić information content (AvgIpc) is 2.53. The number of nitrogens with one attached hydrogen (secondary N) is 1. The number of carbonyl (C=O) groups excluding carboxylic acids is 1. The maximum atomic E-state index is 11.8. The number of terminal acetylenes is 1. The number of benzene rings is 2. The summed E-state index contributed by atoms with van der Waals surface area (Å²) in [5.41, 5.74) is 2.32. The molecule has 3 heteroatoms. The zero-order valence-electron chi connectivity index (χ0n) is 11.7. The number of rotatable bonds is 4. The van der Waals surface area contributed by atoms with E-state index >= 15 is 0 Å². The van der Waals surface area contributed by atoms with E-state index in [0.29, 0.717) is 5.69 Å². The normalized spacial score (nSPS) is 10.1. The van der Waals surface area contributed by atoms with Gasteiger partial charge in [0.25, 0.3) is 0 Å². The van der Waals surface area contributed by atoms with Crippen LogP contribution in [0.4, 0.5) is 5.69 Å². The molecule has 0 aliphatic rings. The minimum Gasteiger partial charge on any atom is -0.497 e. The quantitative estimate of drug-likeness (QED) is 0.687. The van der Waals surface area contributed by atoms with Crippen LogP contribution in [0, 0.1) is 12.3 Å². The molecule has 0 saturated heterocycles. The fourth-order valence-corrected chi connectivity index (χ4v) is 1.76. The number of carbonyl (C=O) groups is 1. The third-order valence-electron chi connectivity index (χ3n) is 2.84. The minimum absolute atomic E-state index is 0.208. The molecule has 1 N–H and O–H groups in total. The Morgan fingerprint density at radius 3 is 2.67 bits per heavy atom. The summed E-state index contributed by atoms with van der Waals surface area (Å²) in [6.45, 7) is 0. The summed E-state index contributed by atoms with van der Waals surface area (Å²) in [4.78, 5) is 11.8. The van der Waals surface area contributed by atoms with Crippen molar-refractivity contribution < 1.29 is 9.53 Å². The van der Waals surface area contributed by atoms with Gasteiger partial charge < -0.3 is 10.1 Å². The summed E-state index contributed by atoms with van der Waals surface area (Å²) in [5, 5.41) is 2.76. The van der Waals surface area contributed by atoms with Crippen LogP contribution in [0.25, 0.3) is 6.08 Å². The first-order valence-electron chi connectivity index (χ1n) is 6.41. The summed E-state index contributed by atoms with van der Waals surface area (Å²) in [6, 6.07) is 14.6. The first-order chi connectivity index (χ1) is 10.2. The maximum Gasteiger partial charge on any atom is 0.248 e. The van der Waals surface area contributed by atoms with Crippen LogP contribution >= 0.6 is 0 Å². The first-order valence-corrected chi connectivity index (χ1v) is 6.41. The molecule has 2 rings (SSSR count). The van der Waals surface area contributed by atoms with E-state index in [2.05, 4.69) is 11.2 Å². The lowest BCUT2D eigenvalue weighted by molar-refractivity contribution is -0.111. The predicted molar refractivity (Wildman–Crippen MR) is 85.0 cm³/mol. The Kier molecular flexibility index (Phi) is 4.79. The number of amides is 1. The fraction of sp³-hybridized carbons (Fsp3) is 0.0556. The smallest absolute Gasteiger partial charge is 0.248 e. The van der Waals surface area contributed by atoms with Gasteiger partial charge in [0.2, 0.25) is 5.91 Å². The Morgan fingerprint density at radius 1 is 1.24 bits per heavy atom. The minimum atomic E-state index is -0.208. The van der Waals surface area contributed by atoms with Gasteiger partial charge in [-0.05, 0) is 42.0 Å². The van der Waals surface area contributed by atoms with E-state index in [1.54, 1.807) is 31.4 Å². The molecule has 0 unspecified atom stereocenters. The van der Waals surface area contributed by atoms with Crippen molar-refractivity contribution in [1.82, 2.24) is 0 Å². The predicted octanol–water partition coefficient (Wildman–Crippen LogP) is 3.33. The molecule has 2 aromatic rings. The van der Waals surface area contributed by atoms with Crippen LogP contribution in [0.3, 0.4) is 0 Å². The van der Waals surface area contributed by atoms with Gasteiger partial charge in [0.1, 0.15) is 5.75 Å². The van der Waals surface area contributed by atoms with Gasteiger partial charge in [-0.15, -0.1) is 6.42 Å². The van der Waals surface area contributed by atoms with Crippen LogP contribution in [0.1, 0.15) is 11.1 Å². The van der Waals surface area contributed by atoms with E-state index in [4.69, 9.17) is 11.2 Å². The van der Waals surface area contributed by atoms with Crippen LogP contribution in [0.15, 0.2) is 54.6 Å². The van der Waals surface area contributed by atoms with Gasteiger partial charge in [0.15, 0.2) is 0 Å². The highest BCUT2D eigenvalue weighted by Crippen LogP contribution is 2.13. The first kappa shape index (κ1) is 14.4. The maximum absolute atomic E-state index is 11.8. The van der Waals surface area contributed by atoms with Crippen molar-refractivity contribution in [3.8, 4) is 18.1 Å². The lowest BCUT2D eigenvalue weighted by atomic mass is 10.2. The molecule has 0 atom stereocenters. The molecule has 0 aromatic heterocycles. The molecule has 0 radical (unpaired) electrons. The van der Waals surface area contributed by atoms with E-state index in [-0.39, 0.29) is 5.91 Å². The second-order valence-electron chi connectivity index (χ2n) is 4.32. The van der Waals surface area contributed by atoms with Crippen LogP contribution in [0.2, 0.25) is 0 Å². The average molecular weight is 277 g/mol. The molecule has 3 nitrogen and oxygen atoms in total. The lowest BCUT2D eigenvalue weighted by Crippen LogP contribution is -2.07. The topological polar surface area (TPSA) is 38.3 Å². The zero-order chi connectivity index (χ0) is 15.1. The van der Waals surface area contributed by atoms with E-state index in [0.717, 1.165) is 16.9 Å². The Labute approximate surface area is 124 Å². The van der Waals surface area contributed by atoms with Gasteiger partial charge >= 0.3 is 0 Å². The molecule has 2 aromatic carbocycles. The van der Waals surface area contributed by atoms with Crippen molar-refractivity contribution in [3.05, 3.63) is 65.7 Å². The van der Waals surface area contributed by atoms with Crippen LogP contribution in [0.5, 0.6) is 5.75 Å². The van der Waals surface area contributed by atoms with E-state index in [1.165, 1.54) is 6.08 Å². The second kappa shape index (κ2) is 6.97. The van der Waals surface area contributed by atoms with Crippen molar-refractivity contribution >= 4 is 17.7 Å². The lowest BCUT2D eigenvalue weighted by Gasteiger charge is -2.02. The third-order valence-corrected chi connectivity index (χ3v) is 2.84. The molecule has 0 fully saturated rings. The van der Waals surface area contributed by atoms with Gasteiger partial charge in [-0.2, -0.15) is 0 Å². The van der Waals surface area contributed by atoms with Crippen molar-refractivity contribution in [2.75, 3.05) is 12.4 Å². The van der Waals surface area contributed by atoms with E-state index < -0.39 is 0 Å². The van der Waals surface area contributed by atoms with Crippen LogP contribution < -0.4 is 10.1 Å². The molecule has 0 aliphatic heterocycles. The summed E-state index contributed by atoms with van der Waals surface area (Å²) in [7, 11) is 1.61. The molecule has 21 heavy (non-hydrogen) atoms. The standard InChI is InChI=1S/C18H15NO2/c1-3-14-5-4-6-16(13-14)19-18(20)12-9-15-7-10-17(21-2)11-8-15/h1,4-13H,2H3,(H,19,20)/b12-9+. The van der Waals surface area contributed by atoms with Gasteiger partial charge in [-0.1, -0.05) is 24.1 Å². The Hall–Kier alpha value is -2.99. The fourth-order valence-electron chi connectivity index (χ4n) is 1.76. The molecule has 1 amide bonds. The largest absolute Gasteiger partial charge is 0.497 e.